The van der Waals surface area contributed by atoms with E-state index in [2.05, 4.69) is 30.4 Å². The van der Waals surface area contributed by atoms with Gasteiger partial charge in [0.25, 0.3) is 0 Å². The third kappa shape index (κ3) is 2.34. The van der Waals surface area contributed by atoms with Crippen LogP contribution in [-0.4, -0.2) is 7.11 Å². The van der Waals surface area contributed by atoms with E-state index >= 15 is 0 Å². The zero-order valence-corrected chi connectivity index (χ0v) is 8.73. The van der Waals surface area contributed by atoms with Gasteiger partial charge in [-0.15, -0.1) is 0 Å². The predicted molar refractivity (Wildman–Crippen MR) is 62.5 cm³/mol. The van der Waals surface area contributed by atoms with Crippen molar-refractivity contribution in [1.29, 1.82) is 0 Å². The molecular weight excluding hydrogens is 184 g/mol. The van der Waals surface area contributed by atoms with Crippen LogP contribution in [0.2, 0.25) is 0 Å². The molecule has 0 atom stereocenters. The lowest BCUT2D eigenvalue weighted by molar-refractivity contribution is 0.415. The van der Waals surface area contributed by atoms with Crippen molar-refractivity contribution in [3.8, 4) is 5.75 Å². The molecule has 0 aromatic heterocycles. The van der Waals surface area contributed by atoms with Gasteiger partial charge in [-0.2, -0.15) is 0 Å². The molecule has 74 valence electrons. The third-order valence-corrected chi connectivity index (χ3v) is 2.32. The van der Waals surface area contributed by atoms with Crippen LogP contribution in [0.4, 0.5) is 0 Å². The number of allylic oxidation sites excluding steroid dienone is 6. The lowest BCUT2D eigenvalue weighted by Gasteiger charge is -1.97. The van der Waals surface area contributed by atoms with Crippen LogP contribution in [0, 0.1) is 6.08 Å². The Hall–Kier alpha value is -1.85. The Morgan fingerprint density at radius 3 is 2.67 bits per heavy atom. The molecule has 0 radical (unpaired) electrons. The fourth-order valence-corrected chi connectivity index (χ4v) is 1.50. The van der Waals surface area contributed by atoms with Crippen molar-refractivity contribution in [1.82, 2.24) is 0 Å². The molecular formula is C14H13O+. The molecule has 0 heterocycles. The summed E-state index contributed by atoms with van der Waals surface area (Å²) in [6.45, 7) is 0. The largest absolute Gasteiger partial charge is 0.497 e. The van der Waals surface area contributed by atoms with Crippen LogP contribution in [0.3, 0.4) is 0 Å². The van der Waals surface area contributed by atoms with Crippen LogP contribution < -0.4 is 4.74 Å². The first kappa shape index (κ1) is 9.70. The standard InChI is InChI=1S/C14H13O/c1-15-14-10-8-13(9-11-14)12-6-4-2-3-5-7-12/h2-4,6,8-11H,5H2,1H3/q+1. The Morgan fingerprint density at radius 2 is 1.93 bits per heavy atom. The number of ether oxygens (including phenoxy) is 1. The minimum atomic E-state index is 0.869. The van der Waals surface area contributed by atoms with Crippen molar-refractivity contribution in [2.75, 3.05) is 7.11 Å². The smallest absolute Gasteiger partial charge is 0.191 e. The van der Waals surface area contributed by atoms with E-state index in [-0.39, 0.29) is 0 Å². The molecule has 0 fully saturated rings. The minimum absolute atomic E-state index is 0.869. The number of hydrogen-bond donors (Lipinski definition) is 0. The van der Waals surface area contributed by atoms with Crippen LogP contribution in [0.25, 0.3) is 5.57 Å². The van der Waals surface area contributed by atoms with Crippen LogP contribution >= 0.6 is 0 Å². The van der Waals surface area contributed by atoms with E-state index in [0.29, 0.717) is 0 Å². The molecule has 0 aliphatic heterocycles. The molecule has 0 bridgehead atoms. The summed E-state index contributed by atoms with van der Waals surface area (Å²) in [5, 5.41) is 0. The Bertz CT molecular complexity index is 407. The highest BCUT2D eigenvalue weighted by Crippen LogP contribution is 2.20. The SMILES string of the molecule is COc1ccc(C2=[C+]CC=CC=C2)cc1. The van der Waals surface area contributed by atoms with Gasteiger partial charge in [0.1, 0.15) is 5.75 Å². The molecule has 1 aliphatic carbocycles. The second-order valence-electron chi connectivity index (χ2n) is 3.31. The van der Waals surface area contributed by atoms with Crippen molar-refractivity contribution >= 4 is 5.57 Å². The molecule has 0 unspecified atom stereocenters. The highest BCUT2D eigenvalue weighted by Gasteiger charge is 2.09. The van der Waals surface area contributed by atoms with Gasteiger partial charge in [-0.05, 0) is 18.2 Å². The molecule has 0 spiro atoms. The minimum Gasteiger partial charge on any atom is -0.497 e. The molecule has 2 rings (SSSR count). The van der Waals surface area contributed by atoms with Crippen LogP contribution in [0.15, 0.2) is 48.6 Å². The van der Waals surface area contributed by atoms with Crippen molar-refractivity contribution in [2.45, 2.75) is 6.42 Å². The van der Waals surface area contributed by atoms with E-state index in [1.165, 1.54) is 5.56 Å². The second-order valence-corrected chi connectivity index (χ2v) is 3.31. The first-order chi connectivity index (χ1) is 7.40. The quantitative estimate of drug-likeness (QED) is 0.660. The van der Waals surface area contributed by atoms with E-state index in [9.17, 15) is 0 Å². The van der Waals surface area contributed by atoms with Gasteiger partial charge in [0, 0.05) is 18.2 Å². The van der Waals surface area contributed by atoms with Gasteiger partial charge < -0.3 is 4.74 Å². The monoisotopic (exact) mass is 197 g/mol. The summed E-state index contributed by atoms with van der Waals surface area (Å²) < 4.78 is 5.12. The summed E-state index contributed by atoms with van der Waals surface area (Å²) in [6.07, 6.45) is 12.5. The summed E-state index contributed by atoms with van der Waals surface area (Å²) in [5.41, 5.74) is 2.32. The molecule has 15 heavy (non-hydrogen) atoms. The summed E-state index contributed by atoms with van der Waals surface area (Å²) in [5.74, 6) is 0.884. The molecule has 1 heteroatoms. The van der Waals surface area contributed by atoms with Gasteiger partial charge in [-0.1, -0.05) is 12.2 Å². The van der Waals surface area contributed by atoms with Gasteiger partial charge in [0.05, 0.1) is 25.2 Å². The van der Waals surface area contributed by atoms with E-state index in [0.717, 1.165) is 17.7 Å². The zero-order chi connectivity index (χ0) is 10.5. The highest BCUT2D eigenvalue weighted by molar-refractivity contribution is 5.73. The van der Waals surface area contributed by atoms with Crippen molar-refractivity contribution in [2.24, 2.45) is 0 Å². The number of rotatable bonds is 2. The van der Waals surface area contributed by atoms with Crippen LogP contribution in [0.5, 0.6) is 5.75 Å². The predicted octanol–water partition coefficient (Wildman–Crippen LogP) is 3.40. The fourth-order valence-electron chi connectivity index (χ4n) is 1.50. The Kier molecular flexibility index (Phi) is 2.96. The second kappa shape index (κ2) is 4.59. The maximum atomic E-state index is 5.12. The van der Waals surface area contributed by atoms with Gasteiger partial charge in [-0.3, -0.25) is 0 Å². The van der Waals surface area contributed by atoms with Crippen LogP contribution in [-0.2, 0) is 0 Å². The lowest BCUT2D eigenvalue weighted by Crippen LogP contribution is -1.84. The molecule has 0 saturated carbocycles. The first-order valence-corrected chi connectivity index (χ1v) is 4.98. The summed E-state index contributed by atoms with van der Waals surface area (Å²) in [7, 11) is 1.68. The molecule has 1 aromatic rings. The van der Waals surface area contributed by atoms with Gasteiger partial charge in [-0.25, -0.2) is 0 Å². The zero-order valence-electron chi connectivity index (χ0n) is 8.73. The van der Waals surface area contributed by atoms with Crippen molar-refractivity contribution < 1.29 is 4.74 Å². The third-order valence-electron chi connectivity index (χ3n) is 2.32. The average molecular weight is 197 g/mol. The Morgan fingerprint density at radius 1 is 1.13 bits per heavy atom. The van der Waals surface area contributed by atoms with Gasteiger partial charge in [0.2, 0.25) is 0 Å². The molecule has 1 nitrogen and oxygen atoms in total. The fraction of sp³-hybridized carbons (Fsp3) is 0.143. The maximum Gasteiger partial charge on any atom is 0.191 e. The van der Waals surface area contributed by atoms with Gasteiger partial charge in [0.15, 0.2) is 5.57 Å². The molecule has 0 N–H and O–H groups in total. The first-order valence-electron chi connectivity index (χ1n) is 4.98. The molecule has 1 aromatic carbocycles. The Labute approximate surface area is 90.4 Å². The Balaban J connectivity index is 2.25. The van der Waals surface area contributed by atoms with Crippen molar-refractivity contribution in [3.05, 3.63) is 60.2 Å². The summed E-state index contributed by atoms with van der Waals surface area (Å²) >= 11 is 0. The molecule has 1 aliphatic rings. The summed E-state index contributed by atoms with van der Waals surface area (Å²) in [6, 6.07) is 8.04. The number of methoxy groups -OCH3 is 1. The van der Waals surface area contributed by atoms with E-state index < -0.39 is 0 Å². The number of benzene rings is 1. The summed E-state index contributed by atoms with van der Waals surface area (Å²) in [4.78, 5) is 0. The van der Waals surface area contributed by atoms with E-state index in [1.807, 2.05) is 24.3 Å². The molecule has 0 saturated heterocycles. The van der Waals surface area contributed by atoms with Crippen molar-refractivity contribution in [3.63, 3.8) is 0 Å². The maximum absolute atomic E-state index is 5.12. The van der Waals surface area contributed by atoms with Gasteiger partial charge >= 0.3 is 0 Å². The highest BCUT2D eigenvalue weighted by atomic mass is 16.5. The van der Waals surface area contributed by atoms with E-state index in [4.69, 9.17) is 4.74 Å². The number of hydrogen-bond acceptors (Lipinski definition) is 1. The topological polar surface area (TPSA) is 9.23 Å². The van der Waals surface area contributed by atoms with Crippen LogP contribution in [0.1, 0.15) is 12.0 Å². The lowest BCUT2D eigenvalue weighted by atomic mass is 10.0. The normalized spacial score (nSPS) is 14.1. The molecule has 0 amide bonds. The van der Waals surface area contributed by atoms with E-state index in [1.54, 1.807) is 7.11 Å². The average Bonchev–Trinajstić information content (AvgIpc) is 2.58.